The van der Waals surface area contributed by atoms with Crippen LogP contribution in [0.25, 0.3) is 0 Å². The Labute approximate surface area is 136 Å². The first-order chi connectivity index (χ1) is 11.0. The van der Waals surface area contributed by atoms with Crippen molar-refractivity contribution in [3.63, 3.8) is 0 Å². The summed E-state index contributed by atoms with van der Waals surface area (Å²) >= 11 is 0. The van der Waals surface area contributed by atoms with Crippen molar-refractivity contribution in [2.24, 2.45) is 0 Å². The van der Waals surface area contributed by atoms with Crippen molar-refractivity contribution in [2.75, 3.05) is 6.54 Å². The number of carbonyl (C=O) groups excluding carboxylic acids is 2. The third-order valence-corrected chi connectivity index (χ3v) is 3.36. The van der Waals surface area contributed by atoms with Crippen LogP contribution in [0.3, 0.4) is 0 Å². The fraction of sp³-hybridized carbons (Fsp3) is 0.471. The number of aliphatic carboxylic acids is 1. The summed E-state index contributed by atoms with van der Waals surface area (Å²) in [7, 11) is 0. The van der Waals surface area contributed by atoms with E-state index in [1.165, 1.54) is 0 Å². The summed E-state index contributed by atoms with van der Waals surface area (Å²) in [6.07, 6.45) is 3.44. The number of unbranched alkanes of at least 4 members (excludes halogenated alkanes) is 2. The van der Waals surface area contributed by atoms with E-state index in [4.69, 9.17) is 5.11 Å². The summed E-state index contributed by atoms with van der Waals surface area (Å²) in [6, 6.07) is 8.52. The van der Waals surface area contributed by atoms with Crippen molar-refractivity contribution in [1.82, 2.24) is 10.6 Å². The normalized spacial score (nSPS) is 11.5. The Balaban J connectivity index is 2.65. The van der Waals surface area contributed by atoms with Crippen LogP contribution in [-0.2, 0) is 20.8 Å². The summed E-state index contributed by atoms with van der Waals surface area (Å²) in [5.41, 5.74) is 0.900. The highest BCUT2D eigenvalue weighted by molar-refractivity contribution is 5.89. The topological polar surface area (TPSA) is 95.5 Å². The van der Waals surface area contributed by atoms with Crippen LogP contribution in [0.4, 0.5) is 0 Å². The Bertz CT molecular complexity index is 517. The molecule has 2 amide bonds. The monoisotopic (exact) mass is 320 g/mol. The smallest absolute Gasteiger partial charge is 0.322 e. The number of amides is 2. The van der Waals surface area contributed by atoms with Crippen molar-refractivity contribution in [3.8, 4) is 0 Å². The molecule has 0 aliphatic carbocycles. The molecule has 126 valence electrons. The summed E-state index contributed by atoms with van der Waals surface area (Å²) in [6.45, 7) is 1.59. The van der Waals surface area contributed by atoms with E-state index < -0.39 is 24.5 Å². The maximum absolute atomic E-state index is 12.1. The summed E-state index contributed by atoms with van der Waals surface area (Å²) < 4.78 is 0. The molecule has 0 bridgehead atoms. The van der Waals surface area contributed by atoms with Gasteiger partial charge in [0.05, 0.1) is 0 Å². The zero-order valence-electron chi connectivity index (χ0n) is 13.4. The van der Waals surface area contributed by atoms with Crippen molar-refractivity contribution >= 4 is 17.8 Å². The Kier molecular flexibility index (Phi) is 8.42. The van der Waals surface area contributed by atoms with E-state index in [9.17, 15) is 14.4 Å². The molecule has 0 heterocycles. The third kappa shape index (κ3) is 7.99. The minimum absolute atomic E-state index is 0.190. The molecule has 0 radical (unpaired) electrons. The van der Waals surface area contributed by atoms with E-state index in [1.807, 2.05) is 30.3 Å². The van der Waals surface area contributed by atoms with E-state index in [1.54, 1.807) is 0 Å². The van der Waals surface area contributed by atoms with Crippen molar-refractivity contribution < 1.29 is 19.5 Å². The SMILES string of the molecule is CCCCCC(=O)N[C@@H](Cc1ccccc1)C(=O)NCC(=O)O. The molecule has 0 saturated carbocycles. The lowest BCUT2D eigenvalue weighted by atomic mass is 10.0. The quantitative estimate of drug-likeness (QED) is 0.569. The third-order valence-electron chi connectivity index (χ3n) is 3.36. The molecule has 6 heteroatoms. The summed E-state index contributed by atoms with van der Waals surface area (Å²) in [4.78, 5) is 34.7. The minimum Gasteiger partial charge on any atom is -0.480 e. The Hall–Kier alpha value is -2.37. The summed E-state index contributed by atoms with van der Waals surface area (Å²) in [5.74, 6) is -1.80. The highest BCUT2D eigenvalue weighted by Gasteiger charge is 2.21. The number of carbonyl (C=O) groups is 3. The first-order valence-corrected chi connectivity index (χ1v) is 7.85. The molecule has 0 saturated heterocycles. The van der Waals surface area contributed by atoms with E-state index in [0.29, 0.717) is 12.8 Å². The first-order valence-electron chi connectivity index (χ1n) is 7.85. The predicted octanol–water partition coefficient (Wildman–Crippen LogP) is 1.49. The molecule has 23 heavy (non-hydrogen) atoms. The zero-order valence-corrected chi connectivity index (χ0v) is 13.4. The molecule has 1 aromatic rings. The molecule has 0 aliphatic rings. The fourth-order valence-corrected chi connectivity index (χ4v) is 2.15. The number of carboxylic acids is 1. The van der Waals surface area contributed by atoms with Gasteiger partial charge in [0.1, 0.15) is 12.6 Å². The van der Waals surface area contributed by atoms with Crippen LogP contribution in [0.1, 0.15) is 38.2 Å². The zero-order chi connectivity index (χ0) is 17.1. The maximum atomic E-state index is 12.1. The Morgan fingerprint density at radius 2 is 1.83 bits per heavy atom. The van der Waals surface area contributed by atoms with Gasteiger partial charge < -0.3 is 15.7 Å². The second-order valence-electron chi connectivity index (χ2n) is 5.38. The number of carboxylic acid groups (broad SMARTS) is 1. The van der Waals surface area contributed by atoms with Crippen LogP contribution in [0, 0.1) is 0 Å². The van der Waals surface area contributed by atoms with Crippen molar-refractivity contribution in [3.05, 3.63) is 35.9 Å². The lowest BCUT2D eigenvalue weighted by molar-refractivity contribution is -0.138. The van der Waals surface area contributed by atoms with Crippen LogP contribution in [0.15, 0.2) is 30.3 Å². The standard InChI is InChI=1S/C17H24N2O4/c1-2-3-5-10-15(20)19-14(17(23)18-12-16(21)22)11-13-8-6-4-7-9-13/h4,6-9,14H,2-3,5,10-12H2,1H3,(H,18,23)(H,19,20)(H,21,22)/t14-/m0/s1. The molecule has 0 aliphatic heterocycles. The number of nitrogens with one attached hydrogen (secondary N) is 2. The van der Waals surface area contributed by atoms with Crippen LogP contribution in [0.2, 0.25) is 0 Å². The molecule has 6 nitrogen and oxygen atoms in total. The van der Waals surface area contributed by atoms with Gasteiger partial charge in [-0.05, 0) is 12.0 Å². The highest BCUT2D eigenvalue weighted by atomic mass is 16.4. The van der Waals surface area contributed by atoms with Crippen LogP contribution < -0.4 is 10.6 Å². The number of hydrogen-bond acceptors (Lipinski definition) is 3. The van der Waals surface area contributed by atoms with Gasteiger partial charge >= 0.3 is 5.97 Å². The van der Waals surface area contributed by atoms with Gasteiger partial charge in [-0.25, -0.2) is 0 Å². The first kappa shape index (κ1) is 18.7. The van der Waals surface area contributed by atoms with Crippen LogP contribution >= 0.6 is 0 Å². The lowest BCUT2D eigenvalue weighted by Gasteiger charge is -2.18. The molecule has 0 aromatic heterocycles. The van der Waals surface area contributed by atoms with Gasteiger partial charge in [0, 0.05) is 12.8 Å². The van der Waals surface area contributed by atoms with Gasteiger partial charge in [0.15, 0.2) is 0 Å². The number of benzene rings is 1. The van der Waals surface area contributed by atoms with E-state index >= 15 is 0 Å². The van der Waals surface area contributed by atoms with Gasteiger partial charge in [-0.15, -0.1) is 0 Å². The largest absolute Gasteiger partial charge is 0.480 e. The number of rotatable bonds is 10. The lowest BCUT2D eigenvalue weighted by Crippen LogP contribution is -2.49. The second kappa shape index (κ2) is 10.4. The average Bonchev–Trinajstić information content (AvgIpc) is 2.53. The average molecular weight is 320 g/mol. The maximum Gasteiger partial charge on any atom is 0.322 e. The molecule has 1 atom stereocenters. The second-order valence-corrected chi connectivity index (χ2v) is 5.38. The van der Waals surface area contributed by atoms with Gasteiger partial charge in [-0.3, -0.25) is 14.4 Å². The molecular formula is C17H24N2O4. The highest BCUT2D eigenvalue weighted by Crippen LogP contribution is 2.05. The van der Waals surface area contributed by atoms with Gasteiger partial charge in [0.2, 0.25) is 11.8 Å². The molecule has 0 unspecified atom stereocenters. The molecule has 3 N–H and O–H groups in total. The van der Waals surface area contributed by atoms with Crippen LogP contribution in [-0.4, -0.2) is 35.5 Å². The van der Waals surface area contributed by atoms with Crippen molar-refractivity contribution in [1.29, 1.82) is 0 Å². The van der Waals surface area contributed by atoms with E-state index in [0.717, 1.165) is 24.8 Å². The van der Waals surface area contributed by atoms with E-state index in [2.05, 4.69) is 17.6 Å². The van der Waals surface area contributed by atoms with Gasteiger partial charge in [-0.1, -0.05) is 50.1 Å². The Morgan fingerprint density at radius 1 is 1.13 bits per heavy atom. The molecule has 1 rings (SSSR count). The molecular weight excluding hydrogens is 296 g/mol. The number of hydrogen-bond donors (Lipinski definition) is 3. The van der Waals surface area contributed by atoms with Crippen LogP contribution in [0.5, 0.6) is 0 Å². The fourth-order valence-electron chi connectivity index (χ4n) is 2.15. The van der Waals surface area contributed by atoms with Gasteiger partial charge in [0.25, 0.3) is 0 Å². The molecule has 1 aromatic carbocycles. The predicted molar refractivity (Wildman–Crippen MR) is 86.9 cm³/mol. The van der Waals surface area contributed by atoms with Gasteiger partial charge in [-0.2, -0.15) is 0 Å². The van der Waals surface area contributed by atoms with E-state index in [-0.39, 0.29) is 5.91 Å². The summed E-state index contributed by atoms with van der Waals surface area (Å²) in [5, 5.41) is 13.7. The molecule has 0 spiro atoms. The minimum atomic E-state index is -1.12. The van der Waals surface area contributed by atoms with Crippen molar-refractivity contribution in [2.45, 2.75) is 45.1 Å². The Morgan fingerprint density at radius 3 is 2.43 bits per heavy atom. The molecule has 0 fully saturated rings.